The Morgan fingerprint density at radius 3 is 2.29 bits per heavy atom. The summed E-state index contributed by atoms with van der Waals surface area (Å²) in [5.41, 5.74) is -1.29. The summed E-state index contributed by atoms with van der Waals surface area (Å²) in [6, 6.07) is 9.40. The zero-order chi connectivity index (χ0) is 29.8. The van der Waals surface area contributed by atoms with E-state index in [0.29, 0.717) is 35.8 Å². The van der Waals surface area contributed by atoms with Crippen molar-refractivity contribution in [2.75, 3.05) is 0 Å². The Morgan fingerprint density at radius 1 is 0.857 bits per heavy atom. The third-order valence-electron chi connectivity index (χ3n) is 13.5. The van der Waals surface area contributed by atoms with Crippen LogP contribution in [0.1, 0.15) is 86.5 Å². The Morgan fingerprint density at radius 2 is 1.57 bits per heavy atom. The van der Waals surface area contributed by atoms with Gasteiger partial charge in [-0.15, -0.1) is 0 Å². The average molecular weight is 572 g/mol. The highest BCUT2D eigenvalue weighted by atomic mass is 16.3. The predicted molar refractivity (Wildman–Crippen MR) is 167 cm³/mol. The third-order valence-corrected chi connectivity index (χ3v) is 13.5. The van der Waals surface area contributed by atoms with Gasteiger partial charge in [0.05, 0.1) is 22.9 Å². The van der Waals surface area contributed by atoms with Gasteiger partial charge in [-0.25, -0.2) is 23.5 Å². The number of hydrogen-bond donors (Lipinski definition) is 1. The van der Waals surface area contributed by atoms with E-state index in [9.17, 15) is 14.7 Å². The predicted octanol–water partition coefficient (Wildman–Crippen LogP) is 6.25. The molecule has 2 aliphatic heterocycles. The molecule has 8 rings (SSSR count). The van der Waals surface area contributed by atoms with Crippen LogP contribution in [-0.2, 0) is 11.1 Å². The maximum atomic E-state index is 14.7. The van der Waals surface area contributed by atoms with Crippen LogP contribution in [0.2, 0.25) is 0 Å². The van der Waals surface area contributed by atoms with Crippen LogP contribution in [0.4, 0.5) is 0 Å². The number of benzene rings is 1. The summed E-state index contributed by atoms with van der Waals surface area (Å²) in [6.07, 6.45) is 15.5. The second-order valence-corrected chi connectivity index (χ2v) is 15.5. The summed E-state index contributed by atoms with van der Waals surface area (Å²) in [6.45, 7) is 14.1. The molecule has 0 amide bonds. The van der Waals surface area contributed by atoms with E-state index in [1.807, 2.05) is 39.7 Å². The van der Waals surface area contributed by atoms with Gasteiger partial charge in [-0.1, -0.05) is 84.0 Å². The SMILES string of the molecule is CC(C)[C@@H](C)/C=C/[C@@H](C)[C@H]1CCC2[C@@]34C=C[C@]5(C[C@@H](O)CC[C@]5(C)C3CC[C@@]21C)n1c(=O)n(-c2ccccc2)c(=O)n14. The van der Waals surface area contributed by atoms with Crippen molar-refractivity contribution >= 4 is 0 Å². The molecule has 6 heteroatoms. The largest absolute Gasteiger partial charge is 0.393 e. The average Bonchev–Trinajstić information content (AvgIpc) is 3.46. The zero-order valence-corrected chi connectivity index (χ0v) is 26.3. The van der Waals surface area contributed by atoms with Gasteiger partial charge in [0, 0.05) is 11.8 Å². The monoisotopic (exact) mass is 571 g/mol. The normalized spacial score (nSPS) is 41.4. The van der Waals surface area contributed by atoms with Gasteiger partial charge in [0.15, 0.2) is 0 Å². The molecule has 1 aromatic heterocycles. The van der Waals surface area contributed by atoms with Crippen molar-refractivity contribution < 1.29 is 5.11 Å². The lowest BCUT2D eigenvalue weighted by molar-refractivity contribution is -0.199. The lowest BCUT2D eigenvalue weighted by Crippen LogP contribution is -2.76. The van der Waals surface area contributed by atoms with Gasteiger partial charge in [-0.2, -0.15) is 0 Å². The van der Waals surface area contributed by atoms with E-state index in [4.69, 9.17) is 0 Å². The summed E-state index contributed by atoms with van der Waals surface area (Å²) < 4.78 is 5.17. The van der Waals surface area contributed by atoms with Crippen molar-refractivity contribution in [3.8, 4) is 5.69 Å². The maximum absolute atomic E-state index is 14.7. The molecule has 1 N–H and O–H groups in total. The highest BCUT2D eigenvalue weighted by molar-refractivity contribution is 5.38. The maximum Gasteiger partial charge on any atom is 0.352 e. The number of aromatic nitrogens is 3. The molecule has 2 spiro atoms. The van der Waals surface area contributed by atoms with Crippen molar-refractivity contribution in [3.05, 3.63) is 75.6 Å². The zero-order valence-electron chi connectivity index (χ0n) is 26.3. The molecule has 10 atom stereocenters. The van der Waals surface area contributed by atoms with E-state index in [0.717, 1.165) is 38.5 Å². The number of nitrogens with zero attached hydrogens (tertiary/aromatic N) is 3. The van der Waals surface area contributed by atoms with Gasteiger partial charge in [0.25, 0.3) is 0 Å². The first kappa shape index (κ1) is 28.2. The molecule has 3 fully saturated rings. The fourth-order valence-electron chi connectivity index (χ4n) is 11.0. The fraction of sp³-hybridized carbons (Fsp3) is 0.667. The van der Waals surface area contributed by atoms with Gasteiger partial charge >= 0.3 is 11.4 Å². The Bertz CT molecular complexity index is 1560. The van der Waals surface area contributed by atoms with Crippen LogP contribution in [-0.4, -0.2) is 25.1 Å². The second kappa shape index (κ2) is 9.20. The molecule has 226 valence electrons. The number of allylic oxidation sites excluding steroid dienone is 4. The number of aliphatic hydroxyl groups is 1. The quantitative estimate of drug-likeness (QED) is 0.431. The van der Waals surface area contributed by atoms with Crippen LogP contribution in [0.5, 0.6) is 0 Å². The Hall–Kier alpha value is -2.60. The van der Waals surface area contributed by atoms with Crippen molar-refractivity contribution in [3.63, 3.8) is 0 Å². The smallest absolute Gasteiger partial charge is 0.352 e. The molecule has 3 saturated carbocycles. The summed E-state index contributed by atoms with van der Waals surface area (Å²) in [7, 11) is 0. The van der Waals surface area contributed by atoms with Crippen LogP contribution < -0.4 is 11.4 Å². The lowest BCUT2D eigenvalue weighted by atomic mass is 9.40. The van der Waals surface area contributed by atoms with E-state index in [1.165, 1.54) is 4.57 Å². The first-order valence-electron chi connectivity index (χ1n) is 16.5. The van der Waals surface area contributed by atoms with E-state index in [-0.39, 0.29) is 34.0 Å². The third kappa shape index (κ3) is 3.31. The molecule has 6 aliphatic rings. The highest BCUT2D eigenvalue weighted by Gasteiger charge is 2.75. The minimum Gasteiger partial charge on any atom is -0.393 e. The highest BCUT2D eigenvalue weighted by Crippen LogP contribution is 2.73. The minimum atomic E-state index is -0.706. The summed E-state index contributed by atoms with van der Waals surface area (Å²) in [4.78, 5) is 29.2. The molecule has 4 aliphatic carbocycles. The van der Waals surface area contributed by atoms with Crippen LogP contribution >= 0.6 is 0 Å². The van der Waals surface area contributed by atoms with E-state index < -0.39 is 17.2 Å². The first-order chi connectivity index (χ1) is 19.9. The molecule has 2 bridgehead atoms. The molecule has 2 aromatic rings. The van der Waals surface area contributed by atoms with E-state index in [2.05, 4.69) is 65.8 Å². The number of fused-ring (bicyclic) bond motifs is 1. The molecule has 42 heavy (non-hydrogen) atoms. The number of aliphatic hydroxyl groups excluding tert-OH is 1. The molecule has 3 heterocycles. The molecular weight excluding hydrogens is 522 g/mol. The topological polar surface area (TPSA) is 69.2 Å². The van der Waals surface area contributed by atoms with Crippen LogP contribution in [0.3, 0.4) is 0 Å². The Balaban J connectivity index is 1.43. The van der Waals surface area contributed by atoms with E-state index >= 15 is 0 Å². The van der Waals surface area contributed by atoms with Crippen molar-refractivity contribution in [2.24, 2.45) is 46.3 Å². The number of para-hydroxylation sites is 1. The summed E-state index contributed by atoms with van der Waals surface area (Å²) in [5, 5.41) is 11.0. The molecular formula is C36H49N3O3. The molecule has 1 aromatic carbocycles. The standard InChI is InChI=1S/C36H49N3O3/c1-23(2)24(3)12-13-25(4)28-14-15-29-33(28,5)18-17-30-34(6)19-16-27(40)22-35(34)20-21-36(29,30)39-32(42)37(31(41)38(35)39)26-10-8-7-9-11-26/h7-13,20-21,23-25,27-30,40H,14-19,22H2,1-6H3/b13-12+/t24-,25+,27-,28+,29?,30?,33+,34+,35+,36-/m0/s1. The molecule has 0 radical (unpaired) electrons. The summed E-state index contributed by atoms with van der Waals surface area (Å²) in [5.74, 6) is 2.67. The first-order valence-corrected chi connectivity index (χ1v) is 16.5. The molecule has 2 unspecified atom stereocenters. The Labute approximate surface area is 250 Å². The number of hydrogen-bond acceptors (Lipinski definition) is 3. The lowest BCUT2D eigenvalue weighted by Gasteiger charge is -2.71. The minimum absolute atomic E-state index is 0.0582. The second-order valence-electron chi connectivity index (χ2n) is 15.5. The van der Waals surface area contributed by atoms with Gasteiger partial charge in [0.1, 0.15) is 0 Å². The molecule has 0 saturated heterocycles. The van der Waals surface area contributed by atoms with Gasteiger partial charge < -0.3 is 5.11 Å². The van der Waals surface area contributed by atoms with Gasteiger partial charge in [0.2, 0.25) is 0 Å². The van der Waals surface area contributed by atoms with Gasteiger partial charge in [-0.05, 0) is 91.6 Å². The molecule has 6 nitrogen and oxygen atoms in total. The fourth-order valence-corrected chi connectivity index (χ4v) is 11.0. The van der Waals surface area contributed by atoms with Crippen molar-refractivity contribution in [2.45, 2.75) is 104 Å². The van der Waals surface area contributed by atoms with Crippen LogP contribution in [0, 0.1) is 46.3 Å². The van der Waals surface area contributed by atoms with Gasteiger partial charge in [-0.3, -0.25) is 0 Å². The van der Waals surface area contributed by atoms with Crippen LogP contribution in [0.25, 0.3) is 5.69 Å². The van der Waals surface area contributed by atoms with Crippen molar-refractivity contribution in [1.29, 1.82) is 0 Å². The summed E-state index contributed by atoms with van der Waals surface area (Å²) >= 11 is 0. The van der Waals surface area contributed by atoms with E-state index in [1.54, 1.807) is 0 Å². The Kier molecular flexibility index (Phi) is 6.18. The van der Waals surface area contributed by atoms with Crippen LogP contribution in [0.15, 0.2) is 64.2 Å². The number of rotatable bonds is 5. The van der Waals surface area contributed by atoms with Crippen molar-refractivity contribution in [1.82, 2.24) is 13.9 Å².